The highest BCUT2D eigenvalue weighted by Gasteiger charge is 2.22. The van der Waals surface area contributed by atoms with E-state index < -0.39 is 17.6 Å². The van der Waals surface area contributed by atoms with Gasteiger partial charge in [-0.3, -0.25) is 19.5 Å². The van der Waals surface area contributed by atoms with Gasteiger partial charge in [0.25, 0.3) is 5.91 Å². The standard InChI is InChI=1S/C31H26ClFN4O5/c1-40-27-14-13-24(16-28(27)41-2)37-18-26(20-5-9-22(32)10-6-20)34-31(37)35-29(38)19-36(17-25-4-3-15-42-25)30(39)21-7-11-23(33)12-8-21/h3-16,18H,17,19H2,1-2H3,(H,34,35,38). The lowest BCUT2D eigenvalue weighted by Crippen LogP contribution is -2.37. The van der Waals surface area contributed by atoms with Gasteiger partial charge in [0.2, 0.25) is 11.9 Å². The maximum absolute atomic E-state index is 13.5. The summed E-state index contributed by atoms with van der Waals surface area (Å²) in [5.74, 6) is 0.278. The zero-order valence-corrected chi connectivity index (χ0v) is 23.5. The lowest BCUT2D eigenvalue weighted by Gasteiger charge is -2.21. The molecular weight excluding hydrogens is 563 g/mol. The molecule has 0 unspecified atom stereocenters. The highest BCUT2D eigenvalue weighted by molar-refractivity contribution is 6.30. The predicted octanol–water partition coefficient (Wildman–Crippen LogP) is 6.22. The molecule has 5 aromatic rings. The first kappa shape index (κ1) is 28.4. The number of amides is 2. The van der Waals surface area contributed by atoms with Gasteiger partial charge in [0.15, 0.2) is 11.5 Å². The Kier molecular flexibility index (Phi) is 8.54. The number of anilines is 1. The third kappa shape index (κ3) is 6.45. The van der Waals surface area contributed by atoms with Crippen LogP contribution in [0.15, 0.2) is 95.7 Å². The van der Waals surface area contributed by atoms with E-state index in [0.717, 1.165) is 5.56 Å². The smallest absolute Gasteiger partial charge is 0.254 e. The SMILES string of the molecule is COc1ccc(-n2cc(-c3ccc(Cl)cc3)nc2NC(=O)CN(Cc2ccco2)C(=O)c2ccc(F)cc2)cc1OC. The lowest BCUT2D eigenvalue weighted by atomic mass is 10.2. The Morgan fingerprint density at radius 1 is 1.00 bits per heavy atom. The Balaban J connectivity index is 1.46. The summed E-state index contributed by atoms with van der Waals surface area (Å²) in [6.07, 6.45) is 3.25. The van der Waals surface area contributed by atoms with E-state index in [-0.39, 0.29) is 24.6 Å². The van der Waals surface area contributed by atoms with Crippen LogP contribution in [0, 0.1) is 5.82 Å². The monoisotopic (exact) mass is 588 g/mol. The molecule has 11 heteroatoms. The zero-order chi connectivity index (χ0) is 29.6. The number of ether oxygens (including phenoxy) is 2. The van der Waals surface area contributed by atoms with Crippen LogP contribution in [-0.2, 0) is 11.3 Å². The number of furan rings is 1. The van der Waals surface area contributed by atoms with Crippen LogP contribution in [0.3, 0.4) is 0 Å². The molecule has 0 saturated heterocycles. The van der Waals surface area contributed by atoms with Gasteiger partial charge < -0.3 is 18.8 Å². The highest BCUT2D eigenvalue weighted by atomic mass is 35.5. The Hall–Kier alpha value is -5.09. The minimum Gasteiger partial charge on any atom is -0.493 e. The molecule has 0 aliphatic heterocycles. The molecule has 0 atom stereocenters. The molecule has 0 saturated carbocycles. The van der Waals surface area contributed by atoms with E-state index in [9.17, 15) is 14.0 Å². The number of carbonyl (C=O) groups is 2. The summed E-state index contributed by atoms with van der Waals surface area (Å²) in [4.78, 5) is 32.7. The maximum atomic E-state index is 13.5. The Labute approximate surface area is 246 Å². The molecular formula is C31H26ClFN4O5. The number of imidazole rings is 1. The average Bonchev–Trinajstić information content (AvgIpc) is 3.67. The van der Waals surface area contributed by atoms with Crippen molar-refractivity contribution in [2.45, 2.75) is 6.54 Å². The maximum Gasteiger partial charge on any atom is 0.254 e. The van der Waals surface area contributed by atoms with Crippen LogP contribution < -0.4 is 14.8 Å². The van der Waals surface area contributed by atoms with Crippen molar-refractivity contribution in [3.8, 4) is 28.4 Å². The zero-order valence-electron chi connectivity index (χ0n) is 22.7. The van der Waals surface area contributed by atoms with Gasteiger partial charge in [0, 0.05) is 28.4 Å². The van der Waals surface area contributed by atoms with Crippen molar-refractivity contribution in [1.82, 2.24) is 14.5 Å². The van der Waals surface area contributed by atoms with E-state index in [1.54, 1.807) is 60.3 Å². The summed E-state index contributed by atoms with van der Waals surface area (Å²) in [5.41, 5.74) is 2.23. The first-order valence-corrected chi connectivity index (χ1v) is 13.2. The Morgan fingerprint density at radius 2 is 1.74 bits per heavy atom. The molecule has 42 heavy (non-hydrogen) atoms. The Morgan fingerprint density at radius 3 is 2.40 bits per heavy atom. The van der Waals surface area contributed by atoms with E-state index in [4.69, 9.17) is 25.5 Å². The van der Waals surface area contributed by atoms with E-state index in [0.29, 0.717) is 33.7 Å². The van der Waals surface area contributed by atoms with Gasteiger partial charge in [-0.2, -0.15) is 0 Å². The largest absolute Gasteiger partial charge is 0.493 e. The summed E-state index contributed by atoms with van der Waals surface area (Å²) in [6, 6.07) is 20.9. The Bertz CT molecular complexity index is 1690. The lowest BCUT2D eigenvalue weighted by molar-refractivity contribution is -0.117. The van der Waals surface area contributed by atoms with Gasteiger partial charge in [-0.25, -0.2) is 9.37 Å². The fraction of sp³-hybridized carbons (Fsp3) is 0.129. The van der Waals surface area contributed by atoms with Crippen molar-refractivity contribution >= 4 is 29.4 Å². The molecule has 214 valence electrons. The molecule has 0 radical (unpaired) electrons. The van der Waals surface area contributed by atoms with E-state index in [1.807, 2.05) is 12.1 Å². The number of hydrogen-bond acceptors (Lipinski definition) is 6. The molecule has 1 N–H and O–H groups in total. The van der Waals surface area contributed by atoms with Gasteiger partial charge in [0.1, 0.15) is 18.1 Å². The number of benzene rings is 3. The van der Waals surface area contributed by atoms with E-state index >= 15 is 0 Å². The van der Waals surface area contributed by atoms with Crippen LogP contribution in [0.5, 0.6) is 11.5 Å². The molecule has 3 aromatic carbocycles. The third-order valence-corrected chi connectivity index (χ3v) is 6.63. The van der Waals surface area contributed by atoms with Crippen molar-refractivity contribution in [3.05, 3.63) is 113 Å². The van der Waals surface area contributed by atoms with Crippen LogP contribution in [-0.4, -0.2) is 47.0 Å². The summed E-state index contributed by atoms with van der Waals surface area (Å²) >= 11 is 6.07. The summed E-state index contributed by atoms with van der Waals surface area (Å²) in [5, 5.41) is 3.41. The van der Waals surface area contributed by atoms with Crippen LogP contribution in [0.25, 0.3) is 16.9 Å². The minimum absolute atomic E-state index is 0.0246. The van der Waals surface area contributed by atoms with E-state index in [2.05, 4.69) is 10.3 Å². The first-order chi connectivity index (χ1) is 20.3. The van der Waals surface area contributed by atoms with Crippen LogP contribution >= 0.6 is 11.6 Å². The molecule has 0 fully saturated rings. The number of hydrogen-bond donors (Lipinski definition) is 1. The molecule has 5 rings (SSSR count). The minimum atomic E-state index is -0.507. The second kappa shape index (κ2) is 12.6. The molecule has 2 heterocycles. The van der Waals surface area contributed by atoms with Gasteiger partial charge in [-0.1, -0.05) is 23.7 Å². The van der Waals surface area contributed by atoms with Crippen molar-refractivity contribution in [3.63, 3.8) is 0 Å². The molecule has 0 bridgehead atoms. The van der Waals surface area contributed by atoms with Crippen molar-refractivity contribution in [1.29, 1.82) is 0 Å². The fourth-order valence-corrected chi connectivity index (χ4v) is 4.43. The molecule has 0 aliphatic carbocycles. The fourth-order valence-electron chi connectivity index (χ4n) is 4.30. The topological polar surface area (TPSA) is 98.8 Å². The normalized spacial score (nSPS) is 10.8. The highest BCUT2D eigenvalue weighted by Crippen LogP contribution is 2.32. The van der Waals surface area contributed by atoms with Crippen LogP contribution in [0.2, 0.25) is 5.02 Å². The number of aromatic nitrogens is 2. The third-order valence-electron chi connectivity index (χ3n) is 6.38. The van der Waals surface area contributed by atoms with Crippen molar-refractivity contribution in [2.75, 3.05) is 26.1 Å². The second-order valence-electron chi connectivity index (χ2n) is 9.16. The van der Waals surface area contributed by atoms with Crippen LogP contribution in [0.4, 0.5) is 10.3 Å². The number of rotatable bonds is 10. The van der Waals surface area contributed by atoms with Gasteiger partial charge in [-0.05, 0) is 60.7 Å². The number of halogens is 2. The van der Waals surface area contributed by atoms with E-state index in [1.165, 1.54) is 42.5 Å². The molecule has 9 nitrogen and oxygen atoms in total. The second-order valence-corrected chi connectivity index (χ2v) is 9.60. The molecule has 0 aliphatic rings. The predicted molar refractivity (Wildman–Crippen MR) is 156 cm³/mol. The van der Waals surface area contributed by atoms with Gasteiger partial charge in [0.05, 0.1) is 38.4 Å². The summed E-state index contributed by atoms with van der Waals surface area (Å²) < 4.78 is 31.4. The molecule has 0 spiro atoms. The van der Waals surface area contributed by atoms with Crippen molar-refractivity contribution in [2.24, 2.45) is 0 Å². The quantitative estimate of drug-likeness (QED) is 0.208. The van der Waals surface area contributed by atoms with Crippen molar-refractivity contribution < 1.29 is 27.9 Å². The molecule has 2 aromatic heterocycles. The van der Waals surface area contributed by atoms with Crippen LogP contribution in [0.1, 0.15) is 16.1 Å². The van der Waals surface area contributed by atoms with Gasteiger partial charge >= 0.3 is 0 Å². The first-order valence-electron chi connectivity index (χ1n) is 12.8. The molecule has 2 amide bonds. The summed E-state index contributed by atoms with van der Waals surface area (Å²) in [6.45, 7) is -0.303. The number of nitrogens with zero attached hydrogens (tertiary/aromatic N) is 3. The number of nitrogens with one attached hydrogen (secondary N) is 1. The average molecular weight is 589 g/mol. The number of carbonyl (C=O) groups excluding carboxylic acids is 2. The van der Waals surface area contributed by atoms with Gasteiger partial charge in [-0.15, -0.1) is 0 Å². The summed E-state index contributed by atoms with van der Waals surface area (Å²) in [7, 11) is 3.07. The number of methoxy groups -OCH3 is 2.